The molecule has 0 amide bonds. The van der Waals surface area contributed by atoms with Crippen molar-refractivity contribution in [2.24, 2.45) is 0 Å². The van der Waals surface area contributed by atoms with Gasteiger partial charge >= 0.3 is 0 Å². The maximum Gasteiger partial charge on any atom is 0.187 e. The lowest BCUT2D eigenvalue weighted by atomic mass is 9.97. The van der Waals surface area contributed by atoms with Crippen molar-refractivity contribution in [2.45, 2.75) is 391 Å². The molecular weight excluding hydrogens is 1040 g/mol. The highest BCUT2D eigenvalue weighted by atomic mass is 16.8. The van der Waals surface area contributed by atoms with Crippen LogP contribution in [0.4, 0.5) is 0 Å². The van der Waals surface area contributed by atoms with Gasteiger partial charge in [-0.05, 0) is 208 Å². The van der Waals surface area contributed by atoms with E-state index in [4.69, 9.17) is 85.3 Å². The van der Waals surface area contributed by atoms with E-state index in [0.29, 0.717) is 19.8 Å². The molecule has 3 aliphatic heterocycles. The first-order valence-electron chi connectivity index (χ1n) is 31.2. The third kappa shape index (κ3) is 31.7. The fraction of sp³-hybridized carbons (Fsp3) is 1.00. The molecule has 0 aliphatic carbocycles. The van der Waals surface area contributed by atoms with E-state index in [-0.39, 0.29) is 165 Å². The van der Waals surface area contributed by atoms with E-state index >= 15 is 0 Å². The number of hydrogen-bond acceptors (Lipinski definition) is 18. The quantitative estimate of drug-likeness (QED) is 0.0608. The van der Waals surface area contributed by atoms with Crippen LogP contribution in [0.2, 0.25) is 0 Å². The minimum Gasteiger partial charge on any atom is -0.376 e. The average molecular weight is 1170 g/mol. The number of ether oxygens (including phenoxy) is 18. The van der Waals surface area contributed by atoms with Crippen LogP contribution in [-0.2, 0) is 85.3 Å². The second-order valence-electron chi connectivity index (χ2n) is 25.7. The highest BCUT2D eigenvalue weighted by Crippen LogP contribution is 2.35. The van der Waals surface area contributed by atoms with Crippen LogP contribution in [0.15, 0.2) is 0 Å². The molecule has 0 aromatic carbocycles. The van der Waals surface area contributed by atoms with Crippen molar-refractivity contribution in [3.8, 4) is 0 Å². The van der Waals surface area contributed by atoms with Crippen LogP contribution < -0.4 is 0 Å². The third-order valence-electron chi connectivity index (χ3n) is 11.6. The molecule has 0 bridgehead atoms. The van der Waals surface area contributed by atoms with Crippen molar-refractivity contribution in [2.75, 3.05) is 19.8 Å². The van der Waals surface area contributed by atoms with E-state index < -0.39 is 18.9 Å². The van der Waals surface area contributed by atoms with E-state index in [1.54, 1.807) is 0 Å². The first-order valence-corrected chi connectivity index (χ1v) is 31.2. The molecule has 0 spiro atoms. The van der Waals surface area contributed by atoms with Crippen LogP contribution in [0, 0.1) is 0 Å². The Bertz CT molecular complexity index is 1360. The summed E-state index contributed by atoms with van der Waals surface area (Å²) in [6.07, 6.45) is -4.98. The monoisotopic (exact) mass is 1170 g/mol. The molecule has 15 atom stereocenters. The Hall–Kier alpha value is -0.720. The lowest BCUT2D eigenvalue weighted by molar-refractivity contribution is -0.340. The molecule has 0 saturated carbocycles. The van der Waals surface area contributed by atoms with E-state index in [0.717, 1.165) is 0 Å². The summed E-state index contributed by atoms with van der Waals surface area (Å²) in [7, 11) is 0. The van der Waals surface area contributed by atoms with Crippen LogP contribution in [0.5, 0.6) is 0 Å². The molecule has 3 fully saturated rings. The maximum atomic E-state index is 6.31. The van der Waals surface area contributed by atoms with Gasteiger partial charge in [-0.25, -0.2) is 0 Å². The molecule has 3 aliphatic rings. The molecule has 3 rings (SSSR count). The molecule has 3 heterocycles. The average Bonchev–Trinajstić information content (AvgIpc) is 3.29. The molecule has 6 unspecified atom stereocenters. The van der Waals surface area contributed by atoms with Crippen molar-refractivity contribution in [1.29, 1.82) is 0 Å². The van der Waals surface area contributed by atoms with Gasteiger partial charge in [0.25, 0.3) is 0 Å². The van der Waals surface area contributed by atoms with Gasteiger partial charge in [-0.1, -0.05) is 0 Å². The standard InChI is InChI=1S/3C21H42O6/c3*1-12(2)22-11-17-18(23-13(3)4)19(24-14(5)6)20(25-15(7)8)21(27-17)26-16(9)10/h3*12-21H,11H2,1-10H3/t17-,18-,19+,20-,21?;17-,18-,19+,20-,21-;/m11./s1. The zero-order valence-electron chi connectivity index (χ0n) is 56.8. The fourth-order valence-corrected chi connectivity index (χ4v) is 9.25. The Morgan fingerprint density at radius 1 is 0.185 bits per heavy atom. The number of rotatable bonds is 33. The van der Waals surface area contributed by atoms with Crippen LogP contribution in [-0.4, -0.2) is 203 Å². The third-order valence-corrected chi connectivity index (χ3v) is 11.6. The van der Waals surface area contributed by atoms with Gasteiger partial charge in [0, 0.05) is 0 Å². The lowest BCUT2D eigenvalue weighted by Crippen LogP contribution is -2.63. The topological polar surface area (TPSA) is 166 Å². The highest BCUT2D eigenvalue weighted by molar-refractivity contribution is 4.97. The molecule has 0 aromatic rings. The molecule has 81 heavy (non-hydrogen) atoms. The van der Waals surface area contributed by atoms with Gasteiger partial charge in [-0.2, -0.15) is 0 Å². The Balaban J connectivity index is 0.000000607. The van der Waals surface area contributed by atoms with Crippen LogP contribution in [0.25, 0.3) is 0 Å². The summed E-state index contributed by atoms with van der Waals surface area (Å²) in [6, 6.07) is 0. The summed E-state index contributed by atoms with van der Waals surface area (Å²) < 4.78 is 111. The largest absolute Gasteiger partial charge is 0.376 e. The molecular formula is C63H126O18. The predicted molar refractivity (Wildman–Crippen MR) is 318 cm³/mol. The molecule has 0 N–H and O–H groups in total. The maximum absolute atomic E-state index is 6.31. The first kappa shape index (κ1) is 78.3. The zero-order chi connectivity index (χ0) is 62.2. The van der Waals surface area contributed by atoms with E-state index in [1.165, 1.54) is 0 Å². The summed E-state index contributed by atoms with van der Waals surface area (Å²) >= 11 is 0. The fourth-order valence-electron chi connectivity index (χ4n) is 9.25. The minimum absolute atomic E-state index is 0.00203. The van der Waals surface area contributed by atoms with Crippen molar-refractivity contribution in [3.05, 3.63) is 0 Å². The summed E-state index contributed by atoms with van der Waals surface area (Å²) in [5.74, 6) is 0. The van der Waals surface area contributed by atoms with Gasteiger partial charge in [0.1, 0.15) is 73.2 Å². The second-order valence-corrected chi connectivity index (χ2v) is 25.7. The van der Waals surface area contributed by atoms with E-state index in [2.05, 4.69) is 0 Å². The molecule has 0 radical (unpaired) electrons. The lowest BCUT2D eigenvalue weighted by Gasteiger charge is -2.47. The Kier molecular flexibility index (Phi) is 38.6. The number of hydrogen-bond donors (Lipinski definition) is 0. The summed E-state index contributed by atoms with van der Waals surface area (Å²) in [5, 5.41) is 0. The van der Waals surface area contributed by atoms with Crippen molar-refractivity contribution in [3.63, 3.8) is 0 Å². The molecule has 3 saturated heterocycles. The zero-order valence-corrected chi connectivity index (χ0v) is 56.8. The van der Waals surface area contributed by atoms with Gasteiger partial charge in [-0.15, -0.1) is 0 Å². The second kappa shape index (κ2) is 39.9. The molecule has 18 heteroatoms. The normalized spacial score (nSPS) is 29.7. The minimum atomic E-state index is -0.538. The van der Waals surface area contributed by atoms with E-state index in [9.17, 15) is 0 Å². The van der Waals surface area contributed by atoms with Gasteiger partial charge in [-0.3, -0.25) is 0 Å². The van der Waals surface area contributed by atoms with Gasteiger partial charge in [0.05, 0.1) is 111 Å². The molecule has 18 nitrogen and oxygen atoms in total. The highest BCUT2D eigenvalue weighted by Gasteiger charge is 2.53. The Labute approximate surface area is 494 Å². The Morgan fingerprint density at radius 2 is 0.333 bits per heavy atom. The van der Waals surface area contributed by atoms with Gasteiger partial charge in [0.2, 0.25) is 0 Å². The summed E-state index contributed by atoms with van der Waals surface area (Å²) in [5.41, 5.74) is 0. The van der Waals surface area contributed by atoms with E-state index in [1.807, 2.05) is 208 Å². The first-order chi connectivity index (χ1) is 37.5. The predicted octanol–water partition coefficient (Wildman–Crippen LogP) is 11.8. The van der Waals surface area contributed by atoms with Gasteiger partial charge < -0.3 is 85.3 Å². The van der Waals surface area contributed by atoms with Crippen molar-refractivity contribution < 1.29 is 85.3 Å². The van der Waals surface area contributed by atoms with Crippen LogP contribution >= 0.6 is 0 Å². The summed E-state index contributed by atoms with van der Waals surface area (Å²) in [6.45, 7) is 61.5. The van der Waals surface area contributed by atoms with Crippen LogP contribution in [0.3, 0.4) is 0 Å². The molecule has 486 valence electrons. The molecule has 0 aromatic heterocycles. The van der Waals surface area contributed by atoms with Crippen LogP contribution in [0.1, 0.15) is 208 Å². The van der Waals surface area contributed by atoms with Crippen molar-refractivity contribution in [1.82, 2.24) is 0 Å². The smallest absolute Gasteiger partial charge is 0.187 e. The van der Waals surface area contributed by atoms with Crippen molar-refractivity contribution >= 4 is 0 Å². The SMILES string of the molecule is CC(C)OCC1OC(OC(C)C)C(OC(C)C)C(OC(C)C)C1OC(C)C.CC(C)OC[C@H]1OC(OC(C)C)[C@H](OC(C)C)[C@@H](OC(C)C)[C@@H]1OC(C)C.CC(C)OC[C@H]1O[C@@H](OC(C)C)[C@H](OC(C)C)[C@@H](OC(C)C)[C@@H]1OC(C)C. The summed E-state index contributed by atoms with van der Waals surface area (Å²) in [4.78, 5) is 0. The Morgan fingerprint density at radius 3 is 0.481 bits per heavy atom. The van der Waals surface area contributed by atoms with Gasteiger partial charge in [0.15, 0.2) is 18.9 Å².